The van der Waals surface area contributed by atoms with Crippen LogP contribution in [0.15, 0.2) is 42.5 Å². The van der Waals surface area contributed by atoms with Crippen LogP contribution in [-0.4, -0.2) is 49.0 Å². The molecule has 1 fully saturated rings. The lowest BCUT2D eigenvalue weighted by Gasteiger charge is -2.47. The molecule has 4 rings (SSSR count). The number of carbonyl (C=O) groups is 2. The third kappa shape index (κ3) is 4.69. The van der Waals surface area contributed by atoms with Gasteiger partial charge in [0, 0.05) is 54.5 Å². The molecule has 6 heteroatoms. The smallest absolute Gasteiger partial charge is 0.253 e. The molecular weight excluding hydrogens is 430 g/mol. The van der Waals surface area contributed by atoms with Crippen molar-refractivity contribution in [3.05, 3.63) is 59.2 Å². The summed E-state index contributed by atoms with van der Waals surface area (Å²) >= 11 is 0. The number of benzene rings is 2. The number of hydrogen-bond donors (Lipinski definition) is 0. The molecule has 2 aliphatic heterocycles. The van der Waals surface area contributed by atoms with Crippen LogP contribution in [0.25, 0.3) is 0 Å². The molecule has 2 aliphatic rings. The minimum Gasteiger partial charge on any atom is -0.496 e. The van der Waals surface area contributed by atoms with Gasteiger partial charge in [0.15, 0.2) is 0 Å². The number of likely N-dealkylation sites (tertiary alicyclic amines) is 1. The van der Waals surface area contributed by atoms with E-state index in [1.807, 2.05) is 43.0 Å². The van der Waals surface area contributed by atoms with E-state index in [4.69, 9.17) is 14.2 Å². The summed E-state index contributed by atoms with van der Waals surface area (Å²) in [6.07, 6.45) is 3.29. The van der Waals surface area contributed by atoms with E-state index < -0.39 is 5.41 Å². The van der Waals surface area contributed by atoms with Crippen LogP contribution in [0.3, 0.4) is 0 Å². The topological polar surface area (TPSA) is 65.1 Å². The van der Waals surface area contributed by atoms with E-state index in [1.165, 1.54) is 0 Å². The van der Waals surface area contributed by atoms with E-state index in [9.17, 15) is 9.59 Å². The number of hydrogen-bond acceptors (Lipinski definition) is 5. The molecule has 0 aromatic heterocycles. The van der Waals surface area contributed by atoms with Crippen molar-refractivity contribution >= 4 is 12.2 Å². The maximum absolute atomic E-state index is 13.3. The number of carbonyl (C=O) groups excluding carboxylic acids is 2. The molecule has 0 aliphatic carbocycles. The van der Waals surface area contributed by atoms with Gasteiger partial charge in [-0.25, -0.2) is 0 Å². The normalized spacial score (nSPS) is 19.5. The monoisotopic (exact) mass is 465 g/mol. The highest BCUT2D eigenvalue weighted by molar-refractivity contribution is 5.95. The number of rotatable bonds is 6. The Bertz CT molecular complexity index is 1050. The molecule has 6 nitrogen and oxygen atoms in total. The van der Waals surface area contributed by atoms with E-state index >= 15 is 0 Å². The highest BCUT2D eigenvalue weighted by atomic mass is 16.5. The Morgan fingerprint density at radius 3 is 2.53 bits per heavy atom. The van der Waals surface area contributed by atoms with Gasteiger partial charge in [-0.1, -0.05) is 24.3 Å². The number of piperidine rings is 1. The number of para-hydroxylation sites is 1. The average molecular weight is 466 g/mol. The minimum absolute atomic E-state index is 0.00909. The molecule has 2 heterocycles. The lowest BCUT2D eigenvalue weighted by Crippen LogP contribution is -2.52. The van der Waals surface area contributed by atoms with Gasteiger partial charge in [-0.2, -0.15) is 0 Å². The number of nitrogens with zero attached hydrogens (tertiary/aromatic N) is 1. The van der Waals surface area contributed by atoms with Crippen LogP contribution < -0.4 is 9.47 Å². The van der Waals surface area contributed by atoms with Crippen LogP contribution in [0.1, 0.15) is 74.5 Å². The molecule has 2 aromatic rings. The Morgan fingerprint density at radius 2 is 1.88 bits per heavy atom. The number of amides is 1. The molecule has 0 bridgehead atoms. The Morgan fingerprint density at radius 1 is 1.18 bits per heavy atom. The molecule has 1 unspecified atom stereocenters. The summed E-state index contributed by atoms with van der Waals surface area (Å²) in [6, 6.07) is 13.5. The van der Waals surface area contributed by atoms with Gasteiger partial charge in [0.1, 0.15) is 23.4 Å². The summed E-state index contributed by atoms with van der Waals surface area (Å²) in [7, 11) is 1.56. The summed E-state index contributed by atoms with van der Waals surface area (Å²) in [5, 5.41) is 0. The van der Waals surface area contributed by atoms with E-state index in [-0.39, 0.29) is 23.7 Å². The van der Waals surface area contributed by atoms with E-state index in [0.29, 0.717) is 24.4 Å². The van der Waals surface area contributed by atoms with Gasteiger partial charge in [-0.05, 0) is 45.9 Å². The summed E-state index contributed by atoms with van der Waals surface area (Å²) in [5.74, 6) is 1.41. The van der Waals surface area contributed by atoms with Crippen LogP contribution in [0.2, 0.25) is 0 Å². The van der Waals surface area contributed by atoms with Gasteiger partial charge in [-0.15, -0.1) is 0 Å². The van der Waals surface area contributed by atoms with Crippen molar-refractivity contribution in [2.24, 2.45) is 0 Å². The van der Waals surface area contributed by atoms with Gasteiger partial charge < -0.3 is 23.9 Å². The van der Waals surface area contributed by atoms with Crippen molar-refractivity contribution in [3.63, 3.8) is 0 Å². The Hall–Kier alpha value is -2.86. The van der Waals surface area contributed by atoms with Crippen LogP contribution in [0, 0.1) is 0 Å². The lowest BCUT2D eigenvalue weighted by molar-refractivity contribution is -0.111. The molecule has 34 heavy (non-hydrogen) atoms. The van der Waals surface area contributed by atoms with Crippen molar-refractivity contribution in [1.29, 1.82) is 0 Å². The second-order valence-corrected chi connectivity index (χ2v) is 10.2. The van der Waals surface area contributed by atoms with Crippen molar-refractivity contribution in [3.8, 4) is 11.5 Å². The van der Waals surface area contributed by atoms with E-state index in [2.05, 4.69) is 19.9 Å². The Labute approximate surface area is 202 Å². The maximum atomic E-state index is 13.3. The Balaban J connectivity index is 1.50. The summed E-state index contributed by atoms with van der Waals surface area (Å²) in [6.45, 7) is 9.01. The van der Waals surface area contributed by atoms with Crippen LogP contribution in [0.5, 0.6) is 11.5 Å². The molecule has 0 radical (unpaired) electrons. The first kappa shape index (κ1) is 24.3. The van der Waals surface area contributed by atoms with E-state index in [0.717, 1.165) is 42.4 Å². The fourth-order valence-electron chi connectivity index (χ4n) is 5.04. The molecule has 1 amide bonds. The molecule has 1 saturated heterocycles. The molecule has 1 atom stereocenters. The maximum Gasteiger partial charge on any atom is 0.253 e. The minimum atomic E-state index is -0.687. The summed E-state index contributed by atoms with van der Waals surface area (Å²) in [5.41, 5.74) is 1.41. The zero-order valence-electron chi connectivity index (χ0n) is 20.8. The quantitative estimate of drug-likeness (QED) is 0.556. The molecular formula is C28H35NO5. The van der Waals surface area contributed by atoms with Crippen molar-refractivity contribution in [1.82, 2.24) is 4.90 Å². The van der Waals surface area contributed by atoms with Crippen LogP contribution in [-0.2, 0) is 14.9 Å². The van der Waals surface area contributed by atoms with Crippen molar-refractivity contribution in [2.45, 2.75) is 70.2 Å². The first-order valence-electron chi connectivity index (χ1n) is 12.1. The summed E-state index contributed by atoms with van der Waals surface area (Å²) in [4.78, 5) is 26.7. The first-order chi connectivity index (χ1) is 16.2. The van der Waals surface area contributed by atoms with Gasteiger partial charge in [0.05, 0.1) is 19.3 Å². The second kappa shape index (κ2) is 9.41. The fourth-order valence-corrected chi connectivity index (χ4v) is 5.04. The van der Waals surface area contributed by atoms with Gasteiger partial charge in [-0.3, -0.25) is 4.79 Å². The predicted molar refractivity (Wildman–Crippen MR) is 131 cm³/mol. The number of fused-ring (bicyclic) bond motifs is 1. The standard InChI is InChI=1S/C28H35NO5/c1-19(2)33-25-17-28(34-23-9-7-6-8-21(23)25)12-14-29(15-13-28)26(31)20-10-11-22(24(16-20)32-5)27(3,4)18-30/h6-11,16,18-19,25H,12-15,17H2,1-5H3. The van der Waals surface area contributed by atoms with Crippen molar-refractivity contribution < 1.29 is 23.8 Å². The highest BCUT2D eigenvalue weighted by Gasteiger charge is 2.44. The third-order valence-corrected chi connectivity index (χ3v) is 6.99. The highest BCUT2D eigenvalue weighted by Crippen LogP contribution is 2.46. The van der Waals surface area contributed by atoms with Gasteiger partial charge in [0.2, 0.25) is 0 Å². The Kier molecular flexibility index (Phi) is 6.72. The molecule has 0 N–H and O–H groups in total. The van der Waals surface area contributed by atoms with E-state index in [1.54, 1.807) is 19.2 Å². The van der Waals surface area contributed by atoms with Crippen LogP contribution >= 0.6 is 0 Å². The number of methoxy groups -OCH3 is 1. The zero-order valence-corrected chi connectivity index (χ0v) is 20.8. The predicted octanol–water partition coefficient (Wildman–Crippen LogP) is 5.10. The molecule has 0 saturated carbocycles. The molecule has 2 aromatic carbocycles. The summed E-state index contributed by atoms with van der Waals surface area (Å²) < 4.78 is 18.3. The lowest BCUT2D eigenvalue weighted by atomic mass is 9.81. The SMILES string of the molecule is COc1cc(C(=O)N2CCC3(CC2)CC(OC(C)C)c2ccccc2O3)ccc1C(C)(C)C=O. The average Bonchev–Trinajstić information content (AvgIpc) is 2.83. The molecule has 1 spiro atoms. The zero-order chi connectivity index (χ0) is 24.5. The second-order valence-electron chi connectivity index (χ2n) is 10.2. The third-order valence-electron chi connectivity index (χ3n) is 6.99. The van der Waals surface area contributed by atoms with Crippen molar-refractivity contribution in [2.75, 3.05) is 20.2 Å². The van der Waals surface area contributed by atoms with Crippen LogP contribution in [0.4, 0.5) is 0 Å². The fraction of sp³-hybridized carbons (Fsp3) is 0.500. The number of ether oxygens (including phenoxy) is 3. The van der Waals surface area contributed by atoms with Gasteiger partial charge >= 0.3 is 0 Å². The first-order valence-corrected chi connectivity index (χ1v) is 12.1. The largest absolute Gasteiger partial charge is 0.496 e. The number of aldehydes is 1. The van der Waals surface area contributed by atoms with Gasteiger partial charge in [0.25, 0.3) is 5.91 Å². The molecule has 182 valence electrons.